The molecular weight excluding hydrogens is 228 g/mol. The van der Waals surface area contributed by atoms with E-state index in [2.05, 4.69) is 0 Å². The van der Waals surface area contributed by atoms with E-state index in [1.807, 2.05) is 37.3 Å². The molecule has 0 spiro atoms. The molecule has 0 fully saturated rings. The van der Waals surface area contributed by atoms with Gasteiger partial charge in [-0.1, -0.05) is 30.3 Å². The highest BCUT2D eigenvalue weighted by atomic mass is 16.5. The van der Waals surface area contributed by atoms with E-state index in [0.29, 0.717) is 5.75 Å². The minimum atomic E-state index is -0.984. The van der Waals surface area contributed by atoms with Crippen LogP contribution in [0.4, 0.5) is 0 Å². The molecule has 3 nitrogen and oxygen atoms in total. The number of aryl methyl sites for hydroxylation is 1. The number of ether oxygens (including phenoxy) is 1. The molecule has 0 heterocycles. The highest BCUT2D eigenvalue weighted by molar-refractivity contribution is 5.92. The minimum Gasteiger partial charge on any atom is -0.496 e. The van der Waals surface area contributed by atoms with Gasteiger partial charge in [-0.15, -0.1) is 0 Å². The number of aromatic carboxylic acids is 1. The van der Waals surface area contributed by atoms with Crippen molar-refractivity contribution in [2.24, 2.45) is 0 Å². The van der Waals surface area contributed by atoms with E-state index < -0.39 is 5.97 Å². The van der Waals surface area contributed by atoms with Crippen LogP contribution in [0.1, 0.15) is 15.9 Å². The predicted octanol–water partition coefficient (Wildman–Crippen LogP) is 3.37. The molecule has 2 aromatic rings. The second-order valence-electron chi connectivity index (χ2n) is 4.04. The number of rotatable bonds is 3. The number of carbonyl (C=O) groups is 1. The van der Waals surface area contributed by atoms with Crippen molar-refractivity contribution in [3.63, 3.8) is 0 Å². The molecule has 0 radical (unpaired) electrons. The molecule has 18 heavy (non-hydrogen) atoms. The van der Waals surface area contributed by atoms with Gasteiger partial charge in [0, 0.05) is 0 Å². The lowest BCUT2D eigenvalue weighted by molar-refractivity contribution is 0.0693. The highest BCUT2D eigenvalue weighted by Gasteiger charge is 2.12. The minimum absolute atomic E-state index is 0.179. The fourth-order valence-electron chi connectivity index (χ4n) is 1.94. The predicted molar refractivity (Wildman–Crippen MR) is 70.1 cm³/mol. The van der Waals surface area contributed by atoms with Gasteiger partial charge in [0.25, 0.3) is 0 Å². The lowest BCUT2D eigenvalue weighted by atomic mass is 9.98. The van der Waals surface area contributed by atoms with Crippen molar-refractivity contribution >= 4 is 5.97 Å². The van der Waals surface area contributed by atoms with E-state index in [1.165, 1.54) is 7.11 Å². The Hall–Kier alpha value is -2.29. The second-order valence-corrected chi connectivity index (χ2v) is 4.04. The van der Waals surface area contributed by atoms with Gasteiger partial charge >= 0.3 is 5.97 Å². The topological polar surface area (TPSA) is 46.5 Å². The molecule has 0 atom stereocenters. The first-order valence-electron chi connectivity index (χ1n) is 5.61. The van der Waals surface area contributed by atoms with Crippen molar-refractivity contribution in [3.05, 3.63) is 53.6 Å². The SMILES string of the molecule is COc1ccc(-c2ccccc2C)cc1C(=O)O. The summed E-state index contributed by atoms with van der Waals surface area (Å²) in [5, 5.41) is 9.16. The lowest BCUT2D eigenvalue weighted by Crippen LogP contribution is -2.00. The molecule has 0 bridgehead atoms. The van der Waals surface area contributed by atoms with Gasteiger partial charge in [-0.3, -0.25) is 0 Å². The Morgan fingerprint density at radius 2 is 1.89 bits per heavy atom. The first-order chi connectivity index (χ1) is 8.63. The molecule has 2 aromatic carbocycles. The molecule has 3 heteroatoms. The van der Waals surface area contributed by atoms with Crippen molar-refractivity contribution < 1.29 is 14.6 Å². The fourth-order valence-corrected chi connectivity index (χ4v) is 1.94. The van der Waals surface area contributed by atoms with Crippen molar-refractivity contribution in [3.8, 4) is 16.9 Å². The third-order valence-corrected chi connectivity index (χ3v) is 2.89. The Kier molecular flexibility index (Phi) is 3.33. The van der Waals surface area contributed by atoms with Gasteiger partial charge < -0.3 is 9.84 Å². The van der Waals surface area contributed by atoms with E-state index in [1.54, 1.807) is 12.1 Å². The Bertz CT molecular complexity index is 588. The van der Waals surface area contributed by atoms with E-state index >= 15 is 0 Å². The van der Waals surface area contributed by atoms with Crippen LogP contribution in [0.15, 0.2) is 42.5 Å². The van der Waals surface area contributed by atoms with Gasteiger partial charge in [-0.05, 0) is 35.7 Å². The van der Waals surface area contributed by atoms with Crippen LogP contribution in [0.2, 0.25) is 0 Å². The van der Waals surface area contributed by atoms with Crippen LogP contribution >= 0.6 is 0 Å². The zero-order valence-corrected chi connectivity index (χ0v) is 10.3. The molecule has 0 amide bonds. The van der Waals surface area contributed by atoms with E-state index in [9.17, 15) is 4.79 Å². The lowest BCUT2D eigenvalue weighted by Gasteiger charge is -2.09. The Balaban J connectivity index is 2.57. The highest BCUT2D eigenvalue weighted by Crippen LogP contribution is 2.28. The van der Waals surface area contributed by atoms with Crippen molar-refractivity contribution in [2.45, 2.75) is 6.92 Å². The van der Waals surface area contributed by atoms with Crippen molar-refractivity contribution in [2.75, 3.05) is 7.11 Å². The summed E-state index contributed by atoms with van der Waals surface area (Å²) >= 11 is 0. The van der Waals surface area contributed by atoms with Gasteiger partial charge in [0.15, 0.2) is 0 Å². The average Bonchev–Trinajstić information content (AvgIpc) is 2.38. The second kappa shape index (κ2) is 4.92. The summed E-state index contributed by atoms with van der Waals surface area (Å²) in [5.41, 5.74) is 3.20. The molecule has 0 aliphatic carbocycles. The molecule has 0 saturated heterocycles. The summed E-state index contributed by atoms with van der Waals surface area (Å²) in [6, 6.07) is 13.1. The number of hydrogen-bond acceptors (Lipinski definition) is 2. The Morgan fingerprint density at radius 3 is 2.50 bits per heavy atom. The maximum atomic E-state index is 11.2. The number of carboxylic acid groups (broad SMARTS) is 1. The zero-order chi connectivity index (χ0) is 13.1. The van der Waals surface area contributed by atoms with Crippen LogP contribution in [0, 0.1) is 6.92 Å². The normalized spacial score (nSPS) is 10.1. The van der Waals surface area contributed by atoms with E-state index in [4.69, 9.17) is 9.84 Å². The summed E-state index contributed by atoms with van der Waals surface area (Å²) in [7, 11) is 1.47. The molecule has 0 aromatic heterocycles. The third kappa shape index (κ3) is 2.20. The first kappa shape index (κ1) is 12.2. The molecule has 92 valence electrons. The number of methoxy groups -OCH3 is 1. The molecule has 0 aliphatic rings. The van der Waals surface area contributed by atoms with E-state index in [0.717, 1.165) is 16.7 Å². The number of benzene rings is 2. The largest absolute Gasteiger partial charge is 0.496 e. The van der Waals surface area contributed by atoms with Crippen LogP contribution in [-0.4, -0.2) is 18.2 Å². The van der Waals surface area contributed by atoms with E-state index in [-0.39, 0.29) is 5.56 Å². The van der Waals surface area contributed by atoms with Gasteiger partial charge in [-0.2, -0.15) is 0 Å². The summed E-state index contributed by atoms with van der Waals surface area (Å²) in [6.07, 6.45) is 0. The first-order valence-corrected chi connectivity index (χ1v) is 5.61. The van der Waals surface area contributed by atoms with Gasteiger partial charge in [0.2, 0.25) is 0 Å². The van der Waals surface area contributed by atoms with Crippen LogP contribution in [-0.2, 0) is 0 Å². The quantitative estimate of drug-likeness (QED) is 0.897. The molecule has 2 rings (SSSR count). The standard InChI is InChI=1S/C15H14O3/c1-10-5-3-4-6-12(10)11-7-8-14(18-2)13(9-11)15(16)17/h3-9H,1-2H3,(H,16,17). The summed E-state index contributed by atoms with van der Waals surface area (Å²) in [4.78, 5) is 11.2. The smallest absolute Gasteiger partial charge is 0.339 e. The maximum absolute atomic E-state index is 11.2. The number of carboxylic acids is 1. The number of hydrogen-bond donors (Lipinski definition) is 1. The zero-order valence-electron chi connectivity index (χ0n) is 10.3. The summed E-state index contributed by atoms with van der Waals surface area (Å²) in [6.45, 7) is 2.00. The molecule has 0 unspecified atom stereocenters. The van der Waals surface area contributed by atoms with Crippen molar-refractivity contribution in [1.29, 1.82) is 0 Å². The van der Waals surface area contributed by atoms with Gasteiger partial charge in [0.1, 0.15) is 11.3 Å². The molecule has 1 N–H and O–H groups in total. The maximum Gasteiger partial charge on any atom is 0.339 e. The van der Waals surface area contributed by atoms with Crippen LogP contribution < -0.4 is 4.74 Å². The summed E-state index contributed by atoms with van der Waals surface area (Å²) in [5.74, 6) is -0.609. The van der Waals surface area contributed by atoms with Gasteiger partial charge in [-0.25, -0.2) is 4.79 Å². The molecule has 0 saturated carbocycles. The van der Waals surface area contributed by atoms with Crippen LogP contribution in [0.25, 0.3) is 11.1 Å². The Labute approximate surface area is 106 Å². The summed E-state index contributed by atoms with van der Waals surface area (Å²) < 4.78 is 5.05. The van der Waals surface area contributed by atoms with Crippen molar-refractivity contribution in [1.82, 2.24) is 0 Å². The third-order valence-electron chi connectivity index (χ3n) is 2.89. The molecular formula is C15H14O3. The fraction of sp³-hybridized carbons (Fsp3) is 0.133. The van der Waals surface area contributed by atoms with Gasteiger partial charge in [0.05, 0.1) is 7.11 Å². The van der Waals surface area contributed by atoms with Crippen LogP contribution in [0.5, 0.6) is 5.75 Å². The Morgan fingerprint density at radius 1 is 1.17 bits per heavy atom. The monoisotopic (exact) mass is 242 g/mol. The van der Waals surface area contributed by atoms with Crippen LogP contribution in [0.3, 0.4) is 0 Å². The molecule has 0 aliphatic heterocycles. The average molecular weight is 242 g/mol.